The maximum Gasteiger partial charge on any atom is 0.328 e. The summed E-state index contributed by atoms with van der Waals surface area (Å²) in [6.45, 7) is 5.28. The van der Waals surface area contributed by atoms with E-state index in [4.69, 9.17) is 0 Å². The van der Waals surface area contributed by atoms with E-state index in [9.17, 15) is 14.0 Å². The van der Waals surface area contributed by atoms with Gasteiger partial charge in [-0.1, -0.05) is 13.8 Å². The summed E-state index contributed by atoms with van der Waals surface area (Å²) in [6, 6.07) is 3.28. The summed E-state index contributed by atoms with van der Waals surface area (Å²) in [5.74, 6) is -1.61. The zero-order valence-electron chi connectivity index (χ0n) is 11.5. The SMILES string of the molecule is COC(=O)C(NC(=O)c1cc(C)cc(F)c1)C(C)C. The van der Waals surface area contributed by atoms with Crippen LogP contribution in [0.25, 0.3) is 0 Å². The van der Waals surface area contributed by atoms with Crippen LogP contribution in [0.15, 0.2) is 18.2 Å². The van der Waals surface area contributed by atoms with E-state index >= 15 is 0 Å². The predicted octanol–water partition coefficient (Wildman–Crippen LogP) is 2.06. The van der Waals surface area contributed by atoms with Gasteiger partial charge < -0.3 is 10.1 Å². The third kappa shape index (κ3) is 4.05. The molecule has 1 rings (SSSR count). The second kappa shape index (κ2) is 6.31. The molecule has 0 spiro atoms. The molecular weight excluding hydrogens is 249 g/mol. The van der Waals surface area contributed by atoms with Crippen molar-refractivity contribution in [2.24, 2.45) is 5.92 Å². The smallest absolute Gasteiger partial charge is 0.328 e. The van der Waals surface area contributed by atoms with Crippen molar-refractivity contribution in [3.05, 3.63) is 35.1 Å². The average Bonchev–Trinajstić information content (AvgIpc) is 2.33. The fourth-order valence-corrected chi connectivity index (χ4v) is 1.72. The van der Waals surface area contributed by atoms with Crippen LogP contribution in [0.3, 0.4) is 0 Å². The molecule has 0 aromatic heterocycles. The van der Waals surface area contributed by atoms with E-state index in [1.165, 1.54) is 13.2 Å². The lowest BCUT2D eigenvalue weighted by molar-refractivity contribution is -0.144. The summed E-state index contributed by atoms with van der Waals surface area (Å²) in [5.41, 5.74) is 0.830. The Balaban J connectivity index is 2.90. The van der Waals surface area contributed by atoms with Crippen molar-refractivity contribution in [1.82, 2.24) is 5.32 Å². The number of hydrogen-bond acceptors (Lipinski definition) is 3. The van der Waals surface area contributed by atoms with E-state index in [0.29, 0.717) is 5.56 Å². The molecule has 1 aromatic carbocycles. The number of aryl methyl sites for hydroxylation is 1. The number of benzene rings is 1. The molecule has 0 aliphatic carbocycles. The van der Waals surface area contributed by atoms with Crippen molar-refractivity contribution >= 4 is 11.9 Å². The van der Waals surface area contributed by atoms with Crippen LogP contribution in [-0.4, -0.2) is 25.0 Å². The first-order chi connectivity index (χ1) is 8.85. The molecule has 0 aliphatic rings. The maximum atomic E-state index is 13.2. The van der Waals surface area contributed by atoms with Crippen LogP contribution in [0.5, 0.6) is 0 Å². The van der Waals surface area contributed by atoms with Crippen LogP contribution in [0.2, 0.25) is 0 Å². The fourth-order valence-electron chi connectivity index (χ4n) is 1.72. The summed E-state index contributed by atoms with van der Waals surface area (Å²) in [7, 11) is 1.26. The van der Waals surface area contributed by atoms with Gasteiger partial charge in [0.05, 0.1) is 7.11 Å². The Morgan fingerprint density at radius 3 is 2.37 bits per heavy atom. The second-order valence-electron chi connectivity index (χ2n) is 4.74. The Labute approximate surface area is 112 Å². The molecule has 1 unspecified atom stereocenters. The quantitative estimate of drug-likeness (QED) is 0.850. The molecule has 1 N–H and O–H groups in total. The molecular formula is C14H18FNO3. The zero-order chi connectivity index (χ0) is 14.6. The van der Waals surface area contributed by atoms with Gasteiger partial charge in [-0.2, -0.15) is 0 Å². The van der Waals surface area contributed by atoms with Crippen molar-refractivity contribution in [2.75, 3.05) is 7.11 Å². The molecule has 0 bridgehead atoms. The van der Waals surface area contributed by atoms with Crippen molar-refractivity contribution in [3.63, 3.8) is 0 Å². The summed E-state index contributed by atoms with van der Waals surface area (Å²) < 4.78 is 17.9. The van der Waals surface area contributed by atoms with E-state index in [0.717, 1.165) is 6.07 Å². The molecule has 0 radical (unpaired) electrons. The first kappa shape index (κ1) is 15.1. The van der Waals surface area contributed by atoms with Crippen LogP contribution in [0.1, 0.15) is 29.8 Å². The van der Waals surface area contributed by atoms with Crippen LogP contribution in [0.4, 0.5) is 4.39 Å². The van der Waals surface area contributed by atoms with Gasteiger partial charge in [-0.3, -0.25) is 4.79 Å². The molecule has 1 atom stereocenters. The topological polar surface area (TPSA) is 55.4 Å². The van der Waals surface area contributed by atoms with Crippen LogP contribution < -0.4 is 5.32 Å². The van der Waals surface area contributed by atoms with E-state index in [1.54, 1.807) is 26.8 Å². The Morgan fingerprint density at radius 1 is 1.26 bits per heavy atom. The molecule has 0 heterocycles. The lowest BCUT2D eigenvalue weighted by Crippen LogP contribution is -2.45. The molecule has 0 fully saturated rings. The highest BCUT2D eigenvalue weighted by Gasteiger charge is 2.25. The molecule has 1 amide bonds. The average molecular weight is 267 g/mol. The second-order valence-corrected chi connectivity index (χ2v) is 4.74. The van der Waals surface area contributed by atoms with E-state index < -0.39 is 23.7 Å². The number of ether oxygens (including phenoxy) is 1. The lowest BCUT2D eigenvalue weighted by Gasteiger charge is -2.19. The number of carbonyl (C=O) groups excluding carboxylic acids is 2. The Bertz CT molecular complexity index is 465. The van der Waals surface area contributed by atoms with Crippen molar-refractivity contribution in [1.29, 1.82) is 0 Å². The van der Waals surface area contributed by atoms with Crippen LogP contribution in [0, 0.1) is 18.7 Å². The standard InChI is InChI=1S/C14H18FNO3/c1-8(2)12(14(18)19-4)16-13(17)10-5-9(3)6-11(15)7-10/h5-8,12H,1-4H3,(H,16,17). The summed E-state index contributed by atoms with van der Waals surface area (Å²) in [6.07, 6.45) is 0. The van der Waals surface area contributed by atoms with Gasteiger partial charge in [0.15, 0.2) is 0 Å². The van der Waals surface area contributed by atoms with Crippen molar-refractivity contribution < 1.29 is 18.7 Å². The molecule has 0 saturated carbocycles. The summed E-state index contributed by atoms with van der Waals surface area (Å²) >= 11 is 0. The Morgan fingerprint density at radius 2 is 1.89 bits per heavy atom. The highest BCUT2D eigenvalue weighted by atomic mass is 19.1. The van der Waals surface area contributed by atoms with Crippen LogP contribution >= 0.6 is 0 Å². The van der Waals surface area contributed by atoms with Crippen molar-refractivity contribution in [2.45, 2.75) is 26.8 Å². The number of nitrogens with one attached hydrogen (secondary N) is 1. The number of hydrogen-bond donors (Lipinski definition) is 1. The van der Waals surface area contributed by atoms with Gasteiger partial charge in [-0.05, 0) is 36.6 Å². The number of amides is 1. The first-order valence-corrected chi connectivity index (χ1v) is 6.01. The molecule has 0 aliphatic heterocycles. The summed E-state index contributed by atoms with van der Waals surface area (Å²) in [5, 5.41) is 2.56. The Hall–Kier alpha value is -1.91. The van der Waals surface area contributed by atoms with E-state index in [-0.39, 0.29) is 11.5 Å². The molecule has 0 saturated heterocycles. The number of rotatable bonds is 4. The summed E-state index contributed by atoms with van der Waals surface area (Å²) in [4.78, 5) is 23.5. The molecule has 5 heteroatoms. The normalized spacial score (nSPS) is 12.1. The largest absolute Gasteiger partial charge is 0.467 e. The van der Waals surface area contributed by atoms with E-state index in [1.807, 2.05) is 0 Å². The van der Waals surface area contributed by atoms with Gasteiger partial charge in [0.25, 0.3) is 5.91 Å². The number of esters is 1. The van der Waals surface area contributed by atoms with Gasteiger partial charge in [0.2, 0.25) is 0 Å². The minimum atomic E-state index is -0.749. The predicted molar refractivity (Wildman–Crippen MR) is 69.2 cm³/mol. The minimum Gasteiger partial charge on any atom is -0.467 e. The van der Waals surface area contributed by atoms with Gasteiger partial charge in [0, 0.05) is 5.56 Å². The van der Waals surface area contributed by atoms with Gasteiger partial charge in [-0.15, -0.1) is 0 Å². The third-order valence-electron chi connectivity index (χ3n) is 2.71. The minimum absolute atomic E-state index is 0.119. The van der Waals surface area contributed by atoms with Gasteiger partial charge >= 0.3 is 5.97 Å². The van der Waals surface area contributed by atoms with Gasteiger partial charge in [-0.25, -0.2) is 9.18 Å². The lowest BCUT2D eigenvalue weighted by atomic mass is 10.0. The highest BCUT2D eigenvalue weighted by Crippen LogP contribution is 2.10. The fraction of sp³-hybridized carbons (Fsp3) is 0.429. The monoisotopic (exact) mass is 267 g/mol. The molecule has 104 valence electrons. The first-order valence-electron chi connectivity index (χ1n) is 6.01. The van der Waals surface area contributed by atoms with Crippen LogP contribution in [-0.2, 0) is 9.53 Å². The highest BCUT2D eigenvalue weighted by molar-refractivity contribution is 5.97. The molecule has 1 aromatic rings. The maximum absolute atomic E-state index is 13.2. The third-order valence-corrected chi connectivity index (χ3v) is 2.71. The number of methoxy groups -OCH3 is 1. The zero-order valence-corrected chi connectivity index (χ0v) is 11.5. The molecule has 4 nitrogen and oxygen atoms in total. The van der Waals surface area contributed by atoms with Gasteiger partial charge in [0.1, 0.15) is 11.9 Å². The Kier molecular flexibility index (Phi) is 5.03. The van der Waals surface area contributed by atoms with Crippen molar-refractivity contribution in [3.8, 4) is 0 Å². The van der Waals surface area contributed by atoms with E-state index in [2.05, 4.69) is 10.1 Å². The number of carbonyl (C=O) groups is 2. The number of halogens is 1. The molecule has 19 heavy (non-hydrogen) atoms.